The van der Waals surface area contributed by atoms with Crippen LogP contribution in [0.25, 0.3) is 10.8 Å². The Morgan fingerprint density at radius 3 is 2.52 bits per heavy atom. The van der Waals surface area contributed by atoms with Crippen LogP contribution in [0.2, 0.25) is 0 Å². The van der Waals surface area contributed by atoms with Gasteiger partial charge in [-0.1, -0.05) is 60.7 Å². The summed E-state index contributed by atoms with van der Waals surface area (Å²) in [7, 11) is -3.93. The predicted octanol–water partition coefficient (Wildman–Crippen LogP) is 3.37. The number of fused-ring (bicyclic) bond motifs is 2. The van der Waals surface area contributed by atoms with Crippen molar-refractivity contribution in [3.63, 3.8) is 0 Å². The van der Waals surface area contributed by atoms with Gasteiger partial charge in [0, 0.05) is 5.39 Å². The Morgan fingerprint density at radius 1 is 0.920 bits per heavy atom. The van der Waals surface area contributed by atoms with Gasteiger partial charge in [-0.3, -0.25) is 4.79 Å². The van der Waals surface area contributed by atoms with Gasteiger partial charge in [-0.15, -0.1) is 0 Å². The van der Waals surface area contributed by atoms with E-state index in [9.17, 15) is 13.2 Å². The quantitative estimate of drug-likeness (QED) is 0.787. The maximum absolute atomic E-state index is 12.8. The van der Waals surface area contributed by atoms with Crippen LogP contribution in [0.3, 0.4) is 0 Å². The second-order valence-electron chi connectivity index (χ2n) is 6.24. The SMILES string of the molecule is O=C(NS(=O)(=O)c1cccc2ccccc12)C1CCc2ccccc21. The largest absolute Gasteiger partial charge is 0.273 e. The molecular formula is C20H17NO3S. The molecule has 0 saturated carbocycles. The maximum atomic E-state index is 12.8. The zero-order valence-corrected chi connectivity index (χ0v) is 14.3. The first-order valence-corrected chi connectivity index (χ1v) is 9.67. The summed E-state index contributed by atoms with van der Waals surface area (Å²) >= 11 is 0. The molecule has 1 atom stereocenters. The van der Waals surface area contributed by atoms with Crippen LogP contribution in [-0.4, -0.2) is 14.3 Å². The van der Waals surface area contributed by atoms with Crippen molar-refractivity contribution < 1.29 is 13.2 Å². The highest BCUT2D eigenvalue weighted by Crippen LogP contribution is 2.33. The van der Waals surface area contributed by atoms with Gasteiger partial charge in [0.1, 0.15) is 0 Å². The summed E-state index contributed by atoms with van der Waals surface area (Å²) in [5.74, 6) is -0.876. The van der Waals surface area contributed by atoms with Crippen LogP contribution in [-0.2, 0) is 21.2 Å². The average Bonchev–Trinajstić information content (AvgIpc) is 3.05. The number of carbonyl (C=O) groups is 1. The molecule has 5 heteroatoms. The monoisotopic (exact) mass is 351 g/mol. The van der Waals surface area contributed by atoms with Gasteiger partial charge in [0.15, 0.2) is 0 Å². The van der Waals surface area contributed by atoms with E-state index >= 15 is 0 Å². The minimum atomic E-state index is -3.93. The van der Waals surface area contributed by atoms with E-state index in [2.05, 4.69) is 4.72 Å². The van der Waals surface area contributed by atoms with Crippen LogP contribution in [0.4, 0.5) is 0 Å². The molecule has 0 saturated heterocycles. The van der Waals surface area contributed by atoms with E-state index in [1.165, 1.54) is 6.07 Å². The number of carbonyl (C=O) groups excluding carboxylic acids is 1. The Balaban J connectivity index is 1.67. The molecule has 126 valence electrons. The predicted molar refractivity (Wildman–Crippen MR) is 96.8 cm³/mol. The second-order valence-corrected chi connectivity index (χ2v) is 7.89. The highest BCUT2D eigenvalue weighted by molar-refractivity contribution is 7.90. The lowest BCUT2D eigenvalue weighted by Crippen LogP contribution is -2.34. The molecule has 1 aliphatic rings. The van der Waals surface area contributed by atoms with E-state index in [1.54, 1.807) is 18.2 Å². The molecule has 3 aromatic carbocycles. The summed E-state index contributed by atoms with van der Waals surface area (Å²) < 4.78 is 27.9. The molecule has 0 radical (unpaired) electrons. The fraction of sp³-hybridized carbons (Fsp3) is 0.150. The maximum Gasteiger partial charge on any atom is 0.264 e. The molecule has 0 spiro atoms. The minimum Gasteiger partial charge on any atom is -0.273 e. The number of amides is 1. The third kappa shape index (κ3) is 2.81. The van der Waals surface area contributed by atoms with E-state index < -0.39 is 21.8 Å². The van der Waals surface area contributed by atoms with Crippen LogP contribution < -0.4 is 4.72 Å². The number of nitrogens with one attached hydrogen (secondary N) is 1. The van der Waals surface area contributed by atoms with Crippen molar-refractivity contribution in [2.45, 2.75) is 23.7 Å². The summed E-state index contributed by atoms with van der Waals surface area (Å²) in [6.07, 6.45) is 1.43. The summed E-state index contributed by atoms with van der Waals surface area (Å²) in [4.78, 5) is 12.8. The Kier molecular flexibility index (Phi) is 3.81. The molecule has 1 unspecified atom stereocenters. The van der Waals surface area contributed by atoms with Crippen LogP contribution in [0.5, 0.6) is 0 Å². The Morgan fingerprint density at radius 2 is 1.64 bits per heavy atom. The first kappa shape index (κ1) is 15.8. The molecule has 1 aliphatic carbocycles. The first-order chi connectivity index (χ1) is 12.1. The molecule has 0 fully saturated rings. The zero-order valence-electron chi connectivity index (χ0n) is 13.5. The zero-order chi connectivity index (χ0) is 17.4. The summed E-state index contributed by atoms with van der Waals surface area (Å²) in [6, 6.07) is 20.0. The Hall–Kier alpha value is -2.66. The van der Waals surface area contributed by atoms with E-state index in [1.807, 2.05) is 42.5 Å². The minimum absolute atomic E-state index is 0.130. The smallest absolute Gasteiger partial charge is 0.264 e. The number of rotatable bonds is 3. The number of hydrogen-bond acceptors (Lipinski definition) is 3. The topological polar surface area (TPSA) is 63.2 Å². The van der Waals surface area contributed by atoms with E-state index in [0.29, 0.717) is 11.8 Å². The van der Waals surface area contributed by atoms with E-state index in [4.69, 9.17) is 0 Å². The molecule has 4 rings (SSSR count). The van der Waals surface area contributed by atoms with Gasteiger partial charge in [0.2, 0.25) is 5.91 Å². The molecule has 0 aliphatic heterocycles. The van der Waals surface area contributed by atoms with Gasteiger partial charge in [-0.2, -0.15) is 0 Å². The summed E-state index contributed by atoms with van der Waals surface area (Å²) in [5, 5.41) is 1.43. The molecule has 0 aromatic heterocycles. The number of hydrogen-bond donors (Lipinski definition) is 1. The van der Waals surface area contributed by atoms with Crippen LogP contribution in [0.1, 0.15) is 23.5 Å². The highest BCUT2D eigenvalue weighted by atomic mass is 32.2. The molecule has 4 nitrogen and oxygen atoms in total. The number of aryl methyl sites for hydroxylation is 1. The van der Waals surface area contributed by atoms with E-state index in [-0.39, 0.29) is 4.90 Å². The third-order valence-electron chi connectivity index (χ3n) is 4.72. The van der Waals surface area contributed by atoms with E-state index in [0.717, 1.165) is 22.9 Å². The Bertz CT molecular complexity index is 1070. The average molecular weight is 351 g/mol. The van der Waals surface area contributed by atoms with Crippen molar-refractivity contribution in [1.29, 1.82) is 0 Å². The molecule has 0 heterocycles. The van der Waals surface area contributed by atoms with Crippen LogP contribution in [0, 0.1) is 0 Å². The van der Waals surface area contributed by atoms with Crippen molar-refractivity contribution in [3.05, 3.63) is 77.9 Å². The summed E-state index contributed by atoms with van der Waals surface area (Å²) in [5.41, 5.74) is 2.04. The fourth-order valence-corrected chi connectivity index (χ4v) is 4.77. The third-order valence-corrected chi connectivity index (χ3v) is 6.13. The fourth-order valence-electron chi connectivity index (χ4n) is 3.52. The standard InChI is InChI=1S/C20H17NO3S/c22-20(18-13-12-15-7-1-3-9-16(15)18)21-25(23,24)19-11-5-8-14-6-2-4-10-17(14)19/h1-11,18H,12-13H2,(H,21,22). The number of sulfonamides is 1. The van der Waals surface area contributed by atoms with Gasteiger partial charge >= 0.3 is 0 Å². The van der Waals surface area contributed by atoms with Crippen LogP contribution in [0.15, 0.2) is 71.6 Å². The highest BCUT2D eigenvalue weighted by Gasteiger charge is 2.31. The van der Waals surface area contributed by atoms with Gasteiger partial charge in [-0.25, -0.2) is 13.1 Å². The first-order valence-electron chi connectivity index (χ1n) is 8.18. The molecule has 1 amide bonds. The second kappa shape index (κ2) is 6.01. The lowest BCUT2D eigenvalue weighted by Gasteiger charge is -2.14. The lowest BCUT2D eigenvalue weighted by atomic mass is 10.0. The van der Waals surface area contributed by atoms with Crippen molar-refractivity contribution in [1.82, 2.24) is 4.72 Å². The summed E-state index contributed by atoms with van der Waals surface area (Å²) in [6.45, 7) is 0. The van der Waals surface area contributed by atoms with Crippen LogP contribution >= 0.6 is 0 Å². The number of benzene rings is 3. The lowest BCUT2D eigenvalue weighted by molar-refractivity contribution is -0.120. The molecule has 3 aromatic rings. The van der Waals surface area contributed by atoms with Crippen molar-refractivity contribution in [2.24, 2.45) is 0 Å². The van der Waals surface area contributed by atoms with Gasteiger partial charge in [-0.05, 0) is 35.4 Å². The molecular weight excluding hydrogens is 334 g/mol. The van der Waals surface area contributed by atoms with Crippen molar-refractivity contribution in [2.75, 3.05) is 0 Å². The van der Waals surface area contributed by atoms with Gasteiger partial charge in [0.05, 0.1) is 10.8 Å². The molecule has 25 heavy (non-hydrogen) atoms. The molecule has 1 N–H and O–H groups in total. The van der Waals surface area contributed by atoms with Gasteiger partial charge < -0.3 is 0 Å². The normalized spacial score (nSPS) is 16.6. The van der Waals surface area contributed by atoms with Gasteiger partial charge in [0.25, 0.3) is 10.0 Å². The van der Waals surface area contributed by atoms with Crippen molar-refractivity contribution >= 4 is 26.7 Å². The molecule has 0 bridgehead atoms. The van der Waals surface area contributed by atoms with Crippen molar-refractivity contribution in [3.8, 4) is 0 Å². The Labute approximate surface area is 146 Å².